The Balaban J connectivity index is 0.00000529. The van der Waals surface area contributed by atoms with E-state index in [9.17, 15) is 17.8 Å². The predicted octanol–water partition coefficient (Wildman–Crippen LogP) is -1.21. The Bertz CT molecular complexity index is 599. The number of ether oxygens (including phenoxy) is 1. The molecule has 0 aromatic heterocycles. The van der Waals surface area contributed by atoms with Gasteiger partial charge >= 0.3 is 35.5 Å². The van der Waals surface area contributed by atoms with Crippen LogP contribution in [0.5, 0.6) is 0 Å². The van der Waals surface area contributed by atoms with Gasteiger partial charge in [-0.15, -0.1) is 0 Å². The molecule has 2 atom stereocenters. The molecule has 0 amide bonds. The molecule has 130 valence electrons. The van der Waals surface area contributed by atoms with Gasteiger partial charge in [0, 0.05) is 0 Å². The zero-order valence-electron chi connectivity index (χ0n) is 14.4. The smallest absolute Gasteiger partial charge is 0.748 e. The van der Waals surface area contributed by atoms with Crippen LogP contribution in [0.25, 0.3) is 0 Å². The Morgan fingerprint density at radius 3 is 2.33 bits per heavy atom. The summed E-state index contributed by atoms with van der Waals surface area (Å²) in [5.74, 6) is -1.03. The summed E-state index contributed by atoms with van der Waals surface area (Å²) in [6.45, 7) is 3.59. The fourth-order valence-electron chi connectivity index (χ4n) is 2.44. The molecule has 0 heterocycles. The normalized spacial score (nSPS) is 13.7. The van der Waals surface area contributed by atoms with Crippen molar-refractivity contribution >= 4 is 16.1 Å². The molecule has 0 saturated carbocycles. The van der Waals surface area contributed by atoms with Crippen LogP contribution in [0.3, 0.4) is 0 Å². The predicted molar refractivity (Wildman–Crippen MR) is 84.7 cm³/mol. The van der Waals surface area contributed by atoms with Crippen molar-refractivity contribution in [2.75, 3.05) is 13.2 Å². The summed E-state index contributed by atoms with van der Waals surface area (Å²) in [5.41, 5.74) is 1.44. The maximum Gasteiger partial charge on any atom is 1.00 e. The molecular weight excluding hydrogens is 343 g/mol. The van der Waals surface area contributed by atoms with Crippen molar-refractivity contribution in [3.05, 3.63) is 35.4 Å². The molecule has 1 aromatic carbocycles. The molecule has 0 spiro atoms. The Morgan fingerprint density at radius 1 is 1.29 bits per heavy atom. The van der Waals surface area contributed by atoms with E-state index in [0.29, 0.717) is 12.0 Å². The number of aliphatic hydroxyl groups is 1. The largest absolute Gasteiger partial charge is 1.00 e. The quantitative estimate of drug-likeness (QED) is 0.334. The number of rotatable bonds is 9. The average molecular weight is 366 g/mol. The van der Waals surface area contributed by atoms with Crippen LogP contribution in [0.4, 0.5) is 0 Å². The van der Waals surface area contributed by atoms with Gasteiger partial charge in [-0.3, -0.25) is 4.79 Å². The summed E-state index contributed by atoms with van der Waals surface area (Å²) in [6.07, 6.45) is 1.41. The van der Waals surface area contributed by atoms with E-state index in [1.54, 1.807) is 31.2 Å². The van der Waals surface area contributed by atoms with Gasteiger partial charge in [-0.1, -0.05) is 38.1 Å². The van der Waals surface area contributed by atoms with E-state index >= 15 is 0 Å². The molecule has 24 heavy (non-hydrogen) atoms. The van der Waals surface area contributed by atoms with Crippen LogP contribution in [0.2, 0.25) is 0 Å². The van der Waals surface area contributed by atoms with E-state index in [0.717, 1.165) is 12.0 Å². The Kier molecular flexibility index (Phi) is 11.0. The Morgan fingerprint density at radius 2 is 1.88 bits per heavy atom. The number of carbonyl (C=O) groups is 1. The number of hydrogen-bond acceptors (Lipinski definition) is 6. The molecule has 0 aliphatic carbocycles. The van der Waals surface area contributed by atoms with Crippen molar-refractivity contribution in [2.45, 2.75) is 38.4 Å². The second kappa shape index (κ2) is 11.2. The third kappa shape index (κ3) is 8.60. The van der Waals surface area contributed by atoms with Gasteiger partial charge in [-0.05, 0) is 29.9 Å². The molecule has 1 aromatic rings. The van der Waals surface area contributed by atoms with Gasteiger partial charge in [-0.25, -0.2) is 8.42 Å². The van der Waals surface area contributed by atoms with E-state index < -0.39 is 15.9 Å². The SMILES string of the molecule is CCC(CC(C)C(=O)OCCO)c1ccc(CS(=O)(=O)[O-])cc1.[Na+]. The second-order valence-electron chi connectivity index (χ2n) is 5.58. The van der Waals surface area contributed by atoms with E-state index in [4.69, 9.17) is 9.84 Å². The van der Waals surface area contributed by atoms with Gasteiger partial charge in [0.05, 0.1) is 28.4 Å². The zero-order chi connectivity index (χ0) is 17.5. The Labute approximate surface area is 165 Å². The average Bonchev–Trinajstić information content (AvgIpc) is 2.49. The van der Waals surface area contributed by atoms with Crippen LogP contribution in [-0.2, 0) is 25.4 Å². The minimum atomic E-state index is -4.29. The standard InChI is InChI=1S/C16H24O6S.Na/c1-3-14(10-12(2)16(18)22-9-8-17)15-6-4-13(5-7-15)11-23(19,20)21;/h4-7,12,14,17H,3,8-11H2,1-2H3,(H,19,20,21);/q;+1/p-1. The molecule has 6 nitrogen and oxygen atoms in total. The fourth-order valence-corrected chi connectivity index (χ4v) is 3.04. The first kappa shape index (κ1) is 23.6. The van der Waals surface area contributed by atoms with Gasteiger partial charge in [0.1, 0.15) is 6.61 Å². The van der Waals surface area contributed by atoms with Gasteiger partial charge in [-0.2, -0.15) is 0 Å². The molecule has 1 rings (SSSR count). The molecule has 0 radical (unpaired) electrons. The summed E-state index contributed by atoms with van der Waals surface area (Å²) in [7, 11) is -4.29. The monoisotopic (exact) mass is 366 g/mol. The molecule has 0 aliphatic heterocycles. The number of benzene rings is 1. The van der Waals surface area contributed by atoms with E-state index in [-0.39, 0.29) is 60.6 Å². The van der Waals surface area contributed by atoms with Crippen LogP contribution < -0.4 is 29.6 Å². The number of esters is 1. The van der Waals surface area contributed by atoms with Crippen LogP contribution in [0.1, 0.15) is 43.7 Å². The van der Waals surface area contributed by atoms with Crippen LogP contribution in [-0.4, -0.2) is 37.3 Å². The molecule has 0 aliphatic rings. The fraction of sp³-hybridized carbons (Fsp3) is 0.562. The van der Waals surface area contributed by atoms with Crippen LogP contribution in [0.15, 0.2) is 24.3 Å². The summed E-state index contributed by atoms with van der Waals surface area (Å²) >= 11 is 0. The summed E-state index contributed by atoms with van der Waals surface area (Å²) in [6, 6.07) is 6.84. The second-order valence-corrected chi connectivity index (χ2v) is 6.98. The van der Waals surface area contributed by atoms with E-state index in [1.165, 1.54) is 0 Å². The van der Waals surface area contributed by atoms with Crippen molar-refractivity contribution < 1.29 is 57.2 Å². The van der Waals surface area contributed by atoms with Crippen molar-refractivity contribution in [1.29, 1.82) is 0 Å². The minimum absolute atomic E-state index is 0. The minimum Gasteiger partial charge on any atom is -0.748 e. The number of hydrogen-bond donors (Lipinski definition) is 1. The molecule has 8 heteroatoms. The molecule has 0 bridgehead atoms. The molecule has 0 saturated heterocycles. The van der Waals surface area contributed by atoms with Crippen molar-refractivity contribution in [1.82, 2.24) is 0 Å². The topological polar surface area (TPSA) is 104 Å². The summed E-state index contributed by atoms with van der Waals surface area (Å²) in [4.78, 5) is 11.8. The molecule has 0 fully saturated rings. The number of aliphatic hydroxyl groups excluding tert-OH is 1. The molecular formula is C16H23NaO6S. The molecule has 2 unspecified atom stereocenters. The van der Waals surface area contributed by atoms with Gasteiger partial charge in [0.15, 0.2) is 0 Å². The van der Waals surface area contributed by atoms with Gasteiger partial charge < -0.3 is 14.4 Å². The van der Waals surface area contributed by atoms with E-state index in [2.05, 4.69) is 0 Å². The van der Waals surface area contributed by atoms with Crippen LogP contribution in [0, 0.1) is 5.92 Å². The summed E-state index contributed by atoms with van der Waals surface area (Å²) in [5, 5.41) is 8.67. The maximum atomic E-state index is 11.8. The Hall–Kier alpha value is -0.440. The van der Waals surface area contributed by atoms with E-state index in [1.807, 2.05) is 6.92 Å². The summed E-state index contributed by atoms with van der Waals surface area (Å²) < 4.78 is 37.2. The third-order valence-corrected chi connectivity index (χ3v) is 4.35. The molecule has 1 N–H and O–H groups in total. The first-order chi connectivity index (χ1) is 10.8. The first-order valence-electron chi connectivity index (χ1n) is 7.56. The van der Waals surface area contributed by atoms with Gasteiger partial charge in [0.2, 0.25) is 0 Å². The van der Waals surface area contributed by atoms with Crippen molar-refractivity contribution in [3.63, 3.8) is 0 Å². The van der Waals surface area contributed by atoms with Crippen LogP contribution >= 0.6 is 0 Å². The van der Waals surface area contributed by atoms with Crippen molar-refractivity contribution in [3.8, 4) is 0 Å². The third-order valence-electron chi connectivity index (χ3n) is 3.66. The van der Waals surface area contributed by atoms with Crippen molar-refractivity contribution in [2.24, 2.45) is 5.92 Å². The van der Waals surface area contributed by atoms with Gasteiger partial charge in [0.25, 0.3) is 0 Å². The zero-order valence-corrected chi connectivity index (χ0v) is 17.2. The first-order valence-corrected chi connectivity index (χ1v) is 9.14. The maximum absolute atomic E-state index is 11.8. The number of carbonyl (C=O) groups excluding carboxylic acids is 1.